The zero-order chi connectivity index (χ0) is 22.2. The van der Waals surface area contributed by atoms with Crippen molar-refractivity contribution in [1.82, 2.24) is 0 Å². The van der Waals surface area contributed by atoms with Crippen LogP contribution in [0.25, 0.3) is 10.1 Å². The lowest BCUT2D eigenvalue weighted by Gasteiger charge is -2.21. The molecule has 1 aliphatic rings. The number of hydrogen-bond acceptors (Lipinski definition) is 5. The van der Waals surface area contributed by atoms with Crippen LogP contribution in [0, 0.1) is 11.8 Å². The van der Waals surface area contributed by atoms with Gasteiger partial charge in [-0.1, -0.05) is 30.4 Å². The second kappa shape index (κ2) is 11.6. The molecule has 0 saturated heterocycles. The molecule has 1 aliphatic carbocycles. The molecule has 2 aromatic rings. The van der Waals surface area contributed by atoms with Crippen molar-refractivity contribution in [1.29, 1.82) is 0 Å². The molecule has 1 saturated carbocycles. The normalized spacial score (nSPS) is 23.7. The van der Waals surface area contributed by atoms with Crippen molar-refractivity contribution in [2.45, 2.75) is 70.0 Å². The van der Waals surface area contributed by atoms with E-state index in [2.05, 4.69) is 18.2 Å². The maximum Gasteiger partial charge on any atom is 0.303 e. The maximum absolute atomic E-state index is 12.8. The van der Waals surface area contributed by atoms with E-state index in [0.29, 0.717) is 25.7 Å². The van der Waals surface area contributed by atoms with Crippen LogP contribution in [-0.2, 0) is 16.0 Å². The van der Waals surface area contributed by atoms with Gasteiger partial charge in [0.05, 0.1) is 12.2 Å². The number of aliphatic hydroxyl groups is 2. The fraction of sp³-hybridized carbons (Fsp3) is 0.520. The Morgan fingerprint density at radius 3 is 2.61 bits per heavy atom. The highest BCUT2D eigenvalue weighted by Crippen LogP contribution is 2.37. The number of hydrogen-bond donors (Lipinski definition) is 3. The molecule has 6 heteroatoms. The van der Waals surface area contributed by atoms with Crippen LogP contribution in [0.2, 0.25) is 0 Å². The SMILES string of the molecule is O=C(O)CCCC=CCC1C(C(=O)CCCCc2cc3ccccc3s2)[C@H](O)C[C@@H]1O. The largest absolute Gasteiger partial charge is 0.481 e. The number of thiophene rings is 1. The van der Waals surface area contributed by atoms with Gasteiger partial charge < -0.3 is 15.3 Å². The summed E-state index contributed by atoms with van der Waals surface area (Å²) in [4.78, 5) is 24.7. The Kier molecular flexibility index (Phi) is 8.81. The minimum Gasteiger partial charge on any atom is -0.481 e. The molecule has 2 unspecified atom stereocenters. The van der Waals surface area contributed by atoms with Gasteiger partial charge in [0.15, 0.2) is 0 Å². The monoisotopic (exact) mass is 444 g/mol. The van der Waals surface area contributed by atoms with Crippen LogP contribution < -0.4 is 0 Å². The summed E-state index contributed by atoms with van der Waals surface area (Å²) in [6.07, 6.45) is 7.60. The molecule has 0 bridgehead atoms. The van der Waals surface area contributed by atoms with Crippen LogP contribution in [0.15, 0.2) is 42.5 Å². The van der Waals surface area contributed by atoms with Crippen LogP contribution in [0.5, 0.6) is 0 Å². The van der Waals surface area contributed by atoms with Crippen molar-refractivity contribution >= 4 is 33.2 Å². The van der Waals surface area contributed by atoms with Crippen LogP contribution in [-0.4, -0.2) is 39.3 Å². The van der Waals surface area contributed by atoms with Gasteiger partial charge in [-0.2, -0.15) is 0 Å². The van der Waals surface area contributed by atoms with E-state index in [1.807, 2.05) is 24.3 Å². The Bertz CT molecular complexity index is 869. The van der Waals surface area contributed by atoms with E-state index >= 15 is 0 Å². The van der Waals surface area contributed by atoms with E-state index in [1.165, 1.54) is 15.0 Å². The first-order valence-electron chi connectivity index (χ1n) is 11.2. The highest BCUT2D eigenvalue weighted by molar-refractivity contribution is 7.19. The third-order valence-corrected chi connectivity index (χ3v) is 7.31. The second-order valence-corrected chi connectivity index (χ2v) is 9.65. The number of allylic oxidation sites excluding steroid dienone is 2. The molecule has 1 aromatic carbocycles. The Hall–Kier alpha value is -2.02. The zero-order valence-corrected chi connectivity index (χ0v) is 18.6. The summed E-state index contributed by atoms with van der Waals surface area (Å²) in [5.41, 5.74) is 0. The van der Waals surface area contributed by atoms with E-state index < -0.39 is 24.1 Å². The Morgan fingerprint density at radius 1 is 1.03 bits per heavy atom. The lowest BCUT2D eigenvalue weighted by atomic mass is 9.85. The Morgan fingerprint density at radius 2 is 1.84 bits per heavy atom. The number of unbranched alkanes of at least 4 members (excludes halogenated alkanes) is 2. The first-order valence-corrected chi connectivity index (χ1v) is 12.0. The highest BCUT2D eigenvalue weighted by Gasteiger charge is 2.44. The molecule has 1 aromatic heterocycles. The van der Waals surface area contributed by atoms with Gasteiger partial charge >= 0.3 is 5.97 Å². The smallest absolute Gasteiger partial charge is 0.303 e. The number of Topliss-reactive ketones (excluding diaryl/α,β-unsaturated/α-hetero) is 1. The van der Waals surface area contributed by atoms with Gasteiger partial charge in [0.1, 0.15) is 5.78 Å². The summed E-state index contributed by atoms with van der Waals surface area (Å²) < 4.78 is 1.29. The molecule has 0 spiro atoms. The molecule has 1 fully saturated rings. The predicted molar refractivity (Wildman–Crippen MR) is 123 cm³/mol. The number of benzene rings is 1. The molecule has 168 valence electrons. The third kappa shape index (κ3) is 6.73. The number of aliphatic carboxylic acids is 1. The molecule has 3 rings (SSSR count). The van der Waals surface area contributed by atoms with E-state index in [0.717, 1.165) is 19.3 Å². The Balaban J connectivity index is 1.44. The quantitative estimate of drug-likeness (QED) is 0.325. The van der Waals surface area contributed by atoms with E-state index in [9.17, 15) is 19.8 Å². The van der Waals surface area contributed by atoms with Crippen molar-refractivity contribution in [2.24, 2.45) is 11.8 Å². The topological polar surface area (TPSA) is 94.8 Å². The van der Waals surface area contributed by atoms with Crippen LogP contribution >= 0.6 is 11.3 Å². The first-order chi connectivity index (χ1) is 15.0. The molecular weight excluding hydrogens is 412 g/mol. The summed E-state index contributed by atoms with van der Waals surface area (Å²) in [5, 5.41) is 30.6. The van der Waals surface area contributed by atoms with E-state index in [-0.39, 0.29) is 24.5 Å². The number of fused-ring (bicyclic) bond motifs is 1. The molecule has 3 N–H and O–H groups in total. The number of ketones is 1. The molecule has 31 heavy (non-hydrogen) atoms. The number of carbonyl (C=O) groups excluding carboxylic acids is 1. The second-order valence-electron chi connectivity index (χ2n) is 8.48. The third-order valence-electron chi connectivity index (χ3n) is 6.13. The van der Waals surface area contributed by atoms with Crippen molar-refractivity contribution in [3.63, 3.8) is 0 Å². The molecule has 0 radical (unpaired) electrons. The molecule has 1 heterocycles. The number of aryl methyl sites for hydroxylation is 1. The van der Waals surface area contributed by atoms with Gasteiger partial charge in [-0.15, -0.1) is 11.3 Å². The van der Waals surface area contributed by atoms with Crippen LogP contribution in [0.3, 0.4) is 0 Å². The molecule has 0 amide bonds. The minimum atomic E-state index is -0.805. The average molecular weight is 445 g/mol. The lowest BCUT2D eigenvalue weighted by molar-refractivity contribution is -0.137. The van der Waals surface area contributed by atoms with Gasteiger partial charge in [-0.05, 0) is 56.0 Å². The zero-order valence-electron chi connectivity index (χ0n) is 17.8. The predicted octanol–water partition coefficient (Wildman–Crippen LogP) is 4.74. The fourth-order valence-electron chi connectivity index (χ4n) is 4.52. The number of aliphatic hydroxyl groups excluding tert-OH is 2. The van der Waals surface area contributed by atoms with Gasteiger partial charge in [0.25, 0.3) is 0 Å². The molecule has 0 aliphatic heterocycles. The average Bonchev–Trinajstić information content (AvgIpc) is 3.27. The summed E-state index contributed by atoms with van der Waals surface area (Å²) in [6, 6.07) is 10.6. The van der Waals surface area contributed by atoms with Crippen LogP contribution in [0.4, 0.5) is 0 Å². The number of carboxylic acid groups (broad SMARTS) is 1. The summed E-state index contributed by atoms with van der Waals surface area (Å²) in [7, 11) is 0. The standard InChI is InChI=1S/C25H32O5S/c26-20(12-7-6-10-18-15-17-9-5-8-13-23(17)31-18)25-19(21(27)16-22(25)28)11-3-1-2-4-14-24(29)30/h1,3,5,8-9,13,15,19,21-22,25,27-28H,2,4,6-7,10-12,14,16H2,(H,29,30)/t19?,21-,22+,25?/m0/s1. The van der Waals surface area contributed by atoms with Crippen LogP contribution in [0.1, 0.15) is 56.2 Å². The number of rotatable bonds is 12. The van der Waals surface area contributed by atoms with E-state index in [1.54, 1.807) is 11.3 Å². The van der Waals surface area contributed by atoms with E-state index in [4.69, 9.17) is 5.11 Å². The van der Waals surface area contributed by atoms with Crippen molar-refractivity contribution < 1.29 is 24.9 Å². The van der Waals surface area contributed by atoms with Gasteiger partial charge in [0, 0.05) is 40.7 Å². The molecule has 5 nitrogen and oxygen atoms in total. The van der Waals surface area contributed by atoms with Gasteiger partial charge in [-0.3, -0.25) is 9.59 Å². The van der Waals surface area contributed by atoms with Crippen molar-refractivity contribution in [2.75, 3.05) is 0 Å². The highest BCUT2D eigenvalue weighted by atomic mass is 32.1. The molecular formula is C25H32O5S. The summed E-state index contributed by atoms with van der Waals surface area (Å²) in [5.74, 6) is -1.53. The first kappa shape index (κ1) is 23.6. The number of carbonyl (C=O) groups is 2. The molecule has 4 atom stereocenters. The van der Waals surface area contributed by atoms with Gasteiger partial charge in [-0.25, -0.2) is 0 Å². The Labute approximate surface area is 187 Å². The maximum atomic E-state index is 12.8. The summed E-state index contributed by atoms with van der Waals surface area (Å²) >= 11 is 1.80. The number of carboxylic acids is 1. The van der Waals surface area contributed by atoms with Crippen molar-refractivity contribution in [3.8, 4) is 0 Å². The van der Waals surface area contributed by atoms with Crippen molar-refractivity contribution in [3.05, 3.63) is 47.4 Å². The fourth-order valence-corrected chi connectivity index (χ4v) is 5.62. The van der Waals surface area contributed by atoms with Gasteiger partial charge in [0.2, 0.25) is 0 Å². The minimum absolute atomic E-state index is 0.0460. The summed E-state index contributed by atoms with van der Waals surface area (Å²) in [6.45, 7) is 0. The lowest BCUT2D eigenvalue weighted by Crippen LogP contribution is -2.29.